The number of nitrogens with one attached hydrogen (secondary N) is 2. The Morgan fingerprint density at radius 2 is 1.95 bits per heavy atom. The van der Waals surface area contributed by atoms with Crippen molar-refractivity contribution in [2.24, 2.45) is 0 Å². The molecule has 0 fully saturated rings. The SMILES string of the molecule is CC(=O)c1cccc(NC(=O)CNc2ccc(Br)cc2F)c1. The van der Waals surface area contributed by atoms with E-state index in [0.29, 0.717) is 15.7 Å². The Bertz CT molecular complexity index is 719. The van der Waals surface area contributed by atoms with Crippen LogP contribution in [-0.2, 0) is 4.79 Å². The lowest BCUT2D eigenvalue weighted by atomic mass is 10.1. The first kappa shape index (κ1) is 16.2. The minimum absolute atomic E-state index is 0.0776. The van der Waals surface area contributed by atoms with E-state index >= 15 is 0 Å². The van der Waals surface area contributed by atoms with Crippen molar-refractivity contribution in [2.75, 3.05) is 17.2 Å². The second kappa shape index (κ2) is 7.17. The van der Waals surface area contributed by atoms with Crippen LogP contribution < -0.4 is 10.6 Å². The number of hydrogen-bond donors (Lipinski definition) is 2. The van der Waals surface area contributed by atoms with E-state index in [1.165, 1.54) is 13.0 Å². The molecule has 2 aromatic carbocycles. The molecule has 0 saturated carbocycles. The van der Waals surface area contributed by atoms with Crippen LogP contribution in [0.5, 0.6) is 0 Å². The molecular formula is C16H14BrFN2O2. The Labute approximate surface area is 135 Å². The molecule has 22 heavy (non-hydrogen) atoms. The molecule has 1 amide bonds. The summed E-state index contributed by atoms with van der Waals surface area (Å²) in [4.78, 5) is 23.1. The number of amides is 1. The molecule has 0 aromatic heterocycles. The maximum atomic E-state index is 13.6. The fraction of sp³-hybridized carbons (Fsp3) is 0.125. The van der Waals surface area contributed by atoms with Crippen molar-refractivity contribution in [1.29, 1.82) is 0 Å². The third kappa shape index (κ3) is 4.39. The summed E-state index contributed by atoms with van der Waals surface area (Å²) in [5.41, 5.74) is 1.29. The molecule has 0 spiro atoms. The number of hydrogen-bond acceptors (Lipinski definition) is 3. The summed E-state index contributed by atoms with van der Waals surface area (Å²) in [6.07, 6.45) is 0. The number of ketones is 1. The van der Waals surface area contributed by atoms with E-state index < -0.39 is 5.82 Å². The molecule has 0 aliphatic carbocycles. The van der Waals surface area contributed by atoms with Gasteiger partial charge in [-0.25, -0.2) is 4.39 Å². The van der Waals surface area contributed by atoms with Gasteiger partial charge in [-0.15, -0.1) is 0 Å². The van der Waals surface area contributed by atoms with Crippen molar-refractivity contribution in [3.63, 3.8) is 0 Å². The summed E-state index contributed by atoms with van der Waals surface area (Å²) >= 11 is 3.16. The van der Waals surface area contributed by atoms with Gasteiger partial charge in [0.2, 0.25) is 5.91 Å². The summed E-state index contributed by atoms with van der Waals surface area (Å²) in [5.74, 6) is -0.852. The molecular weight excluding hydrogens is 351 g/mol. The monoisotopic (exact) mass is 364 g/mol. The number of carbonyl (C=O) groups excluding carboxylic acids is 2. The molecule has 2 N–H and O–H groups in total. The fourth-order valence-corrected chi connectivity index (χ4v) is 2.16. The first-order chi connectivity index (χ1) is 10.5. The van der Waals surface area contributed by atoms with Crippen molar-refractivity contribution < 1.29 is 14.0 Å². The number of anilines is 2. The van der Waals surface area contributed by atoms with Crippen molar-refractivity contribution in [3.8, 4) is 0 Å². The lowest BCUT2D eigenvalue weighted by Gasteiger charge is -2.09. The van der Waals surface area contributed by atoms with Gasteiger partial charge in [0.05, 0.1) is 12.2 Å². The van der Waals surface area contributed by atoms with Crippen LogP contribution >= 0.6 is 15.9 Å². The molecule has 0 aliphatic rings. The van der Waals surface area contributed by atoms with Crippen LogP contribution in [0.25, 0.3) is 0 Å². The molecule has 0 atom stereocenters. The highest BCUT2D eigenvalue weighted by molar-refractivity contribution is 9.10. The topological polar surface area (TPSA) is 58.2 Å². The molecule has 6 heteroatoms. The molecule has 0 heterocycles. The summed E-state index contributed by atoms with van der Waals surface area (Å²) in [5, 5.41) is 5.38. The van der Waals surface area contributed by atoms with E-state index in [1.54, 1.807) is 36.4 Å². The molecule has 0 bridgehead atoms. The smallest absolute Gasteiger partial charge is 0.243 e. The van der Waals surface area contributed by atoms with Crippen LogP contribution in [0.4, 0.5) is 15.8 Å². The largest absolute Gasteiger partial charge is 0.374 e. The number of rotatable bonds is 5. The van der Waals surface area contributed by atoms with Gasteiger partial charge in [0.25, 0.3) is 0 Å². The van der Waals surface area contributed by atoms with E-state index in [-0.39, 0.29) is 23.9 Å². The van der Waals surface area contributed by atoms with Gasteiger partial charge in [-0.3, -0.25) is 9.59 Å². The third-order valence-corrected chi connectivity index (χ3v) is 3.42. The number of halogens is 2. The first-order valence-corrected chi connectivity index (χ1v) is 7.35. The van der Waals surface area contributed by atoms with Gasteiger partial charge < -0.3 is 10.6 Å². The Morgan fingerprint density at radius 3 is 2.64 bits per heavy atom. The quantitative estimate of drug-likeness (QED) is 0.792. The fourth-order valence-electron chi connectivity index (χ4n) is 1.83. The standard InChI is InChI=1S/C16H14BrFN2O2/c1-10(21)11-3-2-4-13(7-11)20-16(22)9-19-15-6-5-12(17)8-14(15)18/h2-8,19H,9H2,1H3,(H,20,22). The van der Waals surface area contributed by atoms with Gasteiger partial charge in [0, 0.05) is 15.7 Å². The van der Waals surface area contributed by atoms with Crippen LogP contribution in [0.2, 0.25) is 0 Å². The van der Waals surface area contributed by atoms with Gasteiger partial charge in [0.15, 0.2) is 5.78 Å². The van der Waals surface area contributed by atoms with Crippen molar-refractivity contribution in [1.82, 2.24) is 0 Å². The molecule has 2 aromatic rings. The highest BCUT2D eigenvalue weighted by atomic mass is 79.9. The van der Waals surface area contributed by atoms with E-state index in [1.807, 2.05) is 0 Å². The highest BCUT2D eigenvalue weighted by Crippen LogP contribution is 2.19. The maximum absolute atomic E-state index is 13.6. The maximum Gasteiger partial charge on any atom is 0.243 e. The van der Waals surface area contributed by atoms with Gasteiger partial charge >= 0.3 is 0 Å². The summed E-state index contributed by atoms with van der Waals surface area (Å²) in [6.45, 7) is 1.38. The van der Waals surface area contributed by atoms with E-state index in [2.05, 4.69) is 26.6 Å². The highest BCUT2D eigenvalue weighted by Gasteiger charge is 2.07. The Hall–Kier alpha value is -2.21. The van der Waals surface area contributed by atoms with Crippen molar-refractivity contribution >= 4 is 39.0 Å². The van der Waals surface area contributed by atoms with Gasteiger partial charge in [-0.05, 0) is 37.3 Å². The lowest BCUT2D eigenvalue weighted by molar-refractivity contribution is -0.114. The molecule has 0 unspecified atom stereocenters. The van der Waals surface area contributed by atoms with Crippen LogP contribution in [0.15, 0.2) is 46.9 Å². The second-order valence-corrected chi connectivity index (χ2v) is 5.58. The molecule has 0 radical (unpaired) electrons. The first-order valence-electron chi connectivity index (χ1n) is 6.55. The van der Waals surface area contributed by atoms with E-state index in [9.17, 15) is 14.0 Å². The van der Waals surface area contributed by atoms with Gasteiger partial charge in [-0.2, -0.15) is 0 Å². The lowest BCUT2D eigenvalue weighted by Crippen LogP contribution is -2.22. The normalized spacial score (nSPS) is 10.1. The molecule has 2 rings (SSSR count). The number of benzene rings is 2. The van der Waals surface area contributed by atoms with E-state index in [4.69, 9.17) is 0 Å². The molecule has 0 aliphatic heterocycles. The van der Waals surface area contributed by atoms with Gasteiger partial charge in [0.1, 0.15) is 5.82 Å². The van der Waals surface area contributed by atoms with Gasteiger partial charge in [-0.1, -0.05) is 28.1 Å². The molecule has 0 saturated heterocycles. The summed E-state index contributed by atoms with van der Waals surface area (Å²) in [7, 11) is 0. The van der Waals surface area contributed by atoms with Crippen LogP contribution in [0.3, 0.4) is 0 Å². The number of Topliss-reactive ketones (excluding diaryl/α,β-unsaturated/α-hetero) is 1. The predicted molar refractivity (Wildman–Crippen MR) is 87.7 cm³/mol. The molecule has 114 valence electrons. The third-order valence-electron chi connectivity index (χ3n) is 2.92. The molecule has 4 nitrogen and oxygen atoms in total. The van der Waals surface area contributed by atoms with Crippen LogP contribution in [0.1, 0.15) is 17.3 Å². The Morgan fingerprint density at radius 1 is 1.18 bits per heavy atom. The zero-order chi connectivity index (χ0) is 16.1. The average molecular weight is 365 g/mol. The Kier molecular flexibility index (Phi) is 5.27. The second-order valence-electron chi connectivity index (χ2n) is 4.66. The summed E-state index contributed by atoms with van der Waals surface area (Å²) < 4.78 is 14.2. The average Bonchev–Trinajstić information content (AvgIpc) is 2.46. The number of carbonyl (C=O) groups is 2. The van der Waals surface area contributed by atoms with Crippen molar-refractivity contribution in [2.45, 2.75) is 6.92 Å². The van der Waals surface area contributed by atoms with Crippen molar-refractivity contribution in [3.05, 3.63) is 58.3 Å². The zero-order valence-electron chi connectivity index (χ0n) is 11.8. The zero-order valence-corrected chi connectivity index (χ0v) is 13.4. The van der Waals surface area contributed by atoms with E-state index in [0.717, 1.165) is 0 Å². The Balaban J connectivity index is 1.95. The predicted octanol–water partition coefficient (Wildman–Crippen LogP) is 3.84. The van der Waals surface area contributed by atoms with Crippen LogP contribution in [-0.4, -0.2) is 18.2 Å². The minimum Gasteiger partial charge on any atom is -0.374 e. The minimum atomic E-state index is -0.444. The summed E-state index contributed by atoms with van der Waals surface area (Å²) in [6, 6.07) is 11.2. The van der Waals surface area contributed by atoms with Crippen LogP contribution in [0, 0.1) is 5.82 Å².